The van der Waals surface area contributed by atoms with E-state index in [1.807, 2.05) is 12.5 Å². The number of aromatic nitrogens is 2. The van der Waals surface area contributed by atoms with Gasteiger partial charge in [0, 0.05) is 18.4 Å². The molecule has 1 aromatic rings. The van der Waals surface area contributed by atoms with Crippen molar-refractivity contribution in [2.24, 2.45) is 11.1 Å². The van der Waals surface area contributed by atoms with Gasteiger partial charge in [-0.3, -0.25) is 0 Å². The normalized spacial score (nSPS) is 13.2. The lowest BCUT2D eigenvalue weighted by Crippen LogP contribution is -2.36. The second-order valence-corrected chi connectivity index (χ2v) is 6.01. The van der Waals surface area contributed by atoms with E-state index in [4.69, 9.17) is 5.73 Å². The van der Waals surface area contributed by atoms with Crippen LogP contribution in [-0.2, 0) is 12.0 Å². The van der Waals surface area contributed by atoms with Gasteiger partial charge in [0.25, 0.3) is 0 Å². The number of rotatable bonds is 3. The first-order valence-electron chi connectivity index (χ1n) is 5.48. The Hall–Kier alpha value is -0.830. The molecule has 0 saturated carbocycles. The van der Waals surface area contributed by atoms with E-state index in [2.05, 4.69) is 44.2 Å². The van der Waals surface area contributed by atoms with Crippen LogP contribution in [0.5, 0.6) is 0 Å². The van der Waals surface area contributed by atoms with Crippen molar-refractivity contribution in [3.8, 4) is 0 Å². The Morgan fingerprint density at radius 2 is 1.87 bits per heavy atom. The molecule has 0 saturated heterocycles. The van der Waals surface area contributed by atoms with E-state index in [-0.39, 0.29) is 11.0 Å². The Kier molecular flexibility index (Phi) is 3.24. The van der Waals surface area contributed by atoms with Crippen molar-refractivity contribution in [3.05, 3.63) is 18.2 Å². The van der Waals surface area contributed by atoms with Crippen molar-refractivity contribution >= 4 is 0 Å². The fourth-order valence-corrected chi connectivity index (χ4v) is 1.64. The van der Waals surface area contributed by atoms with Gasteiger partial charge in [0.1, 0.15) is 0 Å². The van der Waals surface area contributed by atoms with Crippen LogP contribution in [0.4, 0.5) is 0 Å². The molecule has 0 aliphatic rings. The molecule has 86 valence electrons. The molecule has 3 heteroatoms. The van der Waals surface area contributed by atoms with Crippen LogP contribution in [0.15, 0.2) is 12.5 Å². The smallest absolute Gasteiger partial charge is 0.0953 e. The molecule has 0 unspecified atom stereocenters. The number of nitrogens with zero attached hydrogens (tertiary/aromatic N) is 2. The van der Waals surface area contributed by atoms with E-state index < -0.39 is 0 Å². The largest absolute Gasteiger partial charge is 0.328 e. The lowest BCUT2D eigenvalue weighted by molar-refractivity contribution is 0.330. The van der Waals surface area contributed by atoms with Gasteiger partial charge < -0.3 is 10.3 Å². The maximum absolute atomic E-state index is 5.78. The van der Waals surface area contributed by atoms with Crippen molar-refractivity contribution in [1.82, 2.24) is 9.55 Å². The van der Waals surface area contributed by atoms with Gasteiger partial charge in [-0.15, -0.1) is 0 Å². The first kappa shape index (κ1) is 12.2. The molecule has 0 atom stereocenters. The minimum Gasteiger partial charge on any atom is -0.328 e. The summed E-state index contributed by atoms with van der Waals surface area (Å²) in [7, 11) is 0. The molecule has 3 nitrogen and oxygen atoms in total. The highest BCUT2D eigenvalue weighted by atomic mass is 15.1. The number of nitrogens with two attached hydrogens (primary N) is 1. The highest BCUT2D eigenvalue weighted by Crippen LogP contribution is 2.24. The van der Waals surface area contributed by atoms with E-state index in [1.165, 1.54) is 5.69 Å². The van der Waals surface area contributed by atoms with Gasteiger partial charge in [-0.2, -0.15) is 0 Å². The molecule has 1 rings (SSSR count). The van der Waals surface area contributed by atoms with E-state index in [0.29, 0.717) is 6.54 Å². The van der Waals surface area contributed by atoms with Crippen LogP contribution in [0, 0.1) is 5.41 Å². The maximum Gasteiger partial charge on any atom is 0.0953 e. The molecule has 0 aliphatic carbocycles. The Morgan fingerprint density at radius 3 is 2.33 bits per heavy atom. The Labute approximate surface area is 92.7 Å². The lowest BCUT2D eigenvalue weighted by Gasteiger charge is -2.29. The Morgan fingerprint density at radius 1 is 1.27 bits per heavy atom. The van der Waals surface area contributed by atoms with Gasteiger partial charge >= 0.3 is 0 Å². The molecule has 1 heterocycles. The van der Waals surface area contributed by atoms with Crippen molar-refractivity contribution < 1.29 is 0 Å². The highest BCUT2D eigenvalue weighted by Gasteiger charge is 2.23. The first-order chi connectivity index (χ1) is 6.76. The molecule has 0 aromatic carbocycles. The van der Waals surface area contributed by atoms with Gasteiger partial charge in [-0.1, -0.05) is 20.8 Å². The minimum absolute atomic E-state index is 0.0446. The summed E-state index contributed by atoms with van der Waals surface area (Å²) < 4.78 is 2.19. The second-order valence-electron chi connectivity index (χ2n) is 6.01. The van der Waals surface area contributed by atoms with Crippen LogP contribution in [0.3, 0.4) is 0 Å². The van der Waals surface area contributed by atoms with Crippen LogP contribution < -0.4 is 5.73 Å². The average molecular weight is 209 g/mol. The van der Waals surface area contributed by atoms with Crippen LogP contribution in [-0.4, -0.2) is 16.1 Å². The topological polar surface area (TPSA) is 43.8 Å². The summed E-state index contributed by atoms with van der Waals surface area (Å²) in [5.41, 5.74) is 7.28. The zero-order valence-corrected chi connectivity index (χ0v) is 10.5. The summed E-state index contributed by atoms with van der Waals surface area (Å²) >= 11 is 0. The summed E-state index contributed by atoms with van der Waals surface area (Å²) in [6, 6.07) is 0. The molecule has 0 aliphatic heterocycles. The molecule has 2 N–H and O–H groups in total. The maximum atomic E-state index is 5.78. The van der Waals surface area contributed by atoms with Gasteiger partial charge in [0.2, 0.25) is 0 Å². The fourth-order valence-electron chi connectivity index (χ4n) is 1.64. The monoisotopic (exact) mass is 209 g/mol. The summed E-state index contributed by atoms with van der Waals surface area (Å²) in [5.74, 6) is 0. The zero-order chi connectivity index (χ0) is 11.7. The lowest BCUT2D eigenvalue weighted by atomic mass is 9.90. The summed E-state index contributed by atoms with van der Waals surface area (Å²) in [4.78, 5) is 4.23. The van der Waals surface area contributed by atoms with Gasteiger partial charge in [-0.25, -0.2) is 4.98 Å². The molecule has 0 fully saturated rings. The quantitative estimate of drug-likeness (QED) is 0.829. The van der Waals surface area contributed by atoms with Crippen molar-refractivity contribution in [2.45, 2.75) is 46.6 Å². The molecule has 15 heavy (non-hydrogen) atoms. The first-order valence-corrected chi connectivity index (χ1v) is 5.48. The molecule has 1 aromatic heterocycles. The van der Waals surface area contributed by atoms with Gasteiger partial charge in [0.15, 0.2) is 0 Å². The van der Waals surface area contributed by atoms with E-state index in [9.17, 15) is 0 Å². The van der Waals surface area contributed by atoms with Gasteiger partial charge in [0.05, 0.1) is 11.9 Å². The standard InChI is InChI=1S/C12H23N3/c1-11(2,3)6-10-7-14-9-15(10)12(4,5)8-13/h7,9H,6,8,13H2,1-5H3. The molecule has 0 spiro atoms. The Balaban J connectivity index is 2.97. The molecular weight excluding hydrogens is 186 g/mol. The molecule has 0 radical (unpaired) electrons. The predicted molar refractivity (Wildman–Crippen MR) is 63.8 cm³/mol. The van der Waals surface area contributed by atoms with Crippen molar-refractivity contribution in [1.29, 1.82) is 0 Å². The average Bonchev–Trinajstić information content (AvgIpc) is 2.50. The fraction of sp³-hybridized carbons (Fsp3) is 0.750. The predicted octanol–water partition coefficient (Wildman–Crippen LogP) is 2.17. The van der Waals surface area contributed by atoms with Crippen LogP contribution >= 0.6 is 0 Å². The molecule has 0 amide bonds. The van der Waals surface area contributed by atoms with Gasteiger partial charge in [-0.05, 0) is 25.7 Å². The number of hydrogen-bond acceptors (Lipinski definition) is 2. The number of hydrogen-bond donors (Lipinski definition) is 1. The minimum atomic E-state index is -0.0446. The van der Waals surface area contributed by atoms with E-state index in [1.54, 1.807) is 0 Å². The van der Waals surface area contributed by atoms with Crippen LogP contribution in [0.25, 0.3) is 0 Å². The number of imidazole rings is 1. The van der Waals surface area contributed by atoms with E-state index >= 15 is 0 Å². The van der Waals surface area contributed by atoms with Crippen molar-refractivity contribution in [2.75, 3.05) is 6.54 Å². The summed E-state index contributed by atoms with van der Waals surface area (Å²) in [6.07, 6.45) is 4.85. The van der Waals surface area contributed by atoms with E-state index in [0.717, 1.165) is 6.42 Å². The molecule has 0 bridgehead atoms. The second kappa shape index (κ2) is 3.97. The summed E-state index contributed by atoms with van der Waals surface area (Å²) in [6.45, 7) is 11.6. The third-order valence-corrected chi connectivity index (χ3v) is 2.58. The SMILES string of the molecule is CC(C)(C)Cc1cncn1C(C)(C)CN. The zero-order valence-electron chi connectivity index (χ0n) is 10.5. The van der Waals surface area contributed by atoms with Crippen molar-refractivity contribution in [3.63, 3.8) is 0 Å². The summed E-state index contributed by atoms with van der Waals surface area (Å²) in [5, 5.41) is 0. The van der Waals surface area contributed by atoms with Crippen LogP contribution in [0.1, 0.15) is 40.3 Å². The third kappa shape index (κ3) is 3.06. The third-order valence-electron chi connectivity index (χ3n) is 2.58. The molecular formula is C12H23N3. The highest BCUT2D eigenvalue weighted by molar-refractivity contribution is 5.05. The Bertz CT molecular complexity index is 318. The van der Waals surface area contributed by atoms with Crippen LogP contribution in [0.2, 0.25) is 0 Å².